The van der Waals surface area contributed by atoms with Gasteiger partial charge in [0.05, 0.1) is 5.69 Å². The van der Waals surface area contributed by atoms with Crippen LogP contribution in [0.4, 0.5) is 10.1 Å². The number of nitrogens with zero attached hydrogens (tertiary/aromatic N) is 1. The molecule has 0 heterocycles. The van der Waals surface area contributed by atoms with Crippen LogP contribution in [0.5, 0.6) is 0 Å². The van der Waals surface area contributed by atoms with Gasteiger partial charge in [0.1, 0.15) is 5.82 Å². The first-order valence-electron chi connectivity index (χ1n) is 4.47. The van der Waals surface area contributed by atoms with Crippen LogP contribution in [0, 0.1) is 5.82 Å². The molecule has 1 rings (SSSR count). The minimum Gasteiger partial charge on any atom is -0.456 e. The SMILES string of the molecule is CC(=O)OCC(=O)N(N)c1ccc(F)cc1. The molecule has 1 aromatic carbocycles. The van der Waals surface area contributed by atoms with E-state index in [1.165, 1.54) is 31.2 Å². The van der Waals surface area contributed by atoms with E-state index < -0.39 is 24.3 Å². The molecule has 0 fully saturated rings. The lowest BCUT2D eigenvalue weighted by Crippen LogP contribution is -2.40. The number of rotatable bonds is 3. The van der Waals surface area contributed by atoms with Crippen molar-refractivity contribution in [2.75, 3.05) is 11.6 Å². The highest BCUT2D eigenvalue weighted by Crippen LogP contribution is 2.11. The first-order valence-corrected chi connectivity index (χ1v) is 4.47. The number of carbonyl (C=O) groups excluding carboxylic acids is 2. The van der Waals surface area contributed by atoms with Crippen LogP contribution in [0.15, 0.2) is 24.3 Å². The zero-order valence-corrected chi connectivity index (χ0v) is 8.64. The molecule has 0 atom stereocenters. The van der Waals surface area contributed by atoms with Gasteiger partial charge in [-0.2, -0.15) is 0 Å². The fraction of sp³-hybridized carbons (Fsp3) is 0.200. The van der Waals surface area contributed by atoms with E-state index in [1.54, 1.807) is 0 Å². The Hall–Kier alpha value is -1.95. The fourth-order valence-corrected chi connectivity index (χ4v) is 0.979. The standard InChI is InChI=1S/C10H11FN2O3/c1-7(14)16-6-10(15)13(12)9-4-2-8(11)3-5-9/h2-5H,6,12H2,1H3. The second-order valence-corrected chi connectivity index (χ2v) is 3.02. The van der Waals surface area contributed by atoms with E-state index in [1.807, 2.05) is 0 Å². The van der Waals surface area contributed by atoms with Crippen molar-refractivity contribution < 1.29 is 18.7 Å². The Bertz CT molecular complexity index is 392. The molecule has 2 N–H and O–H groups in total. The smallest absolute Gasteiger partial charge is 0.303 e. The van der Waals surface area contributed by atoms with Crippen molar-refractivity contribution in [1.29, 1.82) is 0 Å². The summed E-state index contributed by atoms with van der Waals surface area (Å²) in [5, 5.41) is 0.794. The van der Waals surface area contributed by atoms with Gasteiger partial charge in [-0.3, -0.25) is 9.59 Å². The number of benzene rings is 1. The molecule has 0 aliphatic carbocycles. The van der Waals surface area contributed by atoms with Crippen LogP contribution in [-0.2, 0) is 14.3 Å². The molecule has 16 heavy (non-hydrogen) atoms. The lowest BCUT2D eigenvalue weighted by Gasteiger charge is -2.16. The van der Waals surface area contributed by atoms with E-state index in [-0.39, 0.29) is 0 Å². The monoisotopic (exact) mass is 226 g/mol. The summed E-state index contributed by atoms with van der Waals surface area (Å²) in [5.41, 5.74) is 0.318. The van der Waals surface area contributed by atoms with Crippen LogP contribution in [0.25, 0.3) is 0 Å². The third kappa shape index (κ3) is 3.32. The summed E-state index contributed by atoms with van der Waals surface area (Å²) in [4.78, 5) is 21.8. The normalized spacial score (nSPS) is 9.69. The summed E-state index contributed by atoms with van der Waals surface area (Å²) >= 11 is 0. The number of nitrogens with two attached hydrogens (primary N) is 1. The number of hydrazine groups is 1. The highest BCUT2D eigenvalue weighted by Gasteiger charge is 2.12. The van der Waals surface area contributed by atoms with Crippen molar-refractivity contribution in [3.63, 3.8) is 0 Å². The zero-order valence-electron chi connectivity index (χ0n) is 8.64. The Morgan fingerprint density at radius 1 is 1.38 bits per heavy atom. The van der Waals surface area contributed by atoms with Gasteiger partial charge in [0.2, 0.25) is 0 Å². The molecule has 0 bridgehead atoms. The van der Waals surface area contributed by atoms with E-state index in [2.05, 4.69) is 4.74 Å². The second kappa shape index (κ2) is 5.22. The summed E-state index contributed by atoms with van der Waals surface area (Å²) in [5.74, 6) is 3.85. The minimum atomic E-state index is -0.596. The lowest BCUT2D eigenvalue weighted by molar-refractivity contribution is -0.145. The molecule has 0 saturated heterocycles. The number of esters is 1. The van der Waals surface area contributed by atoms with Gasteiger partial charge in [-0.1, -0.05) is 0 Å². The summed E-state index contributed by atoms with van der Waals surface area (Å²) in [6.45, 7) is 0.745. The maximum Gasteiger partial charge on any atom is 0.303 e. The molecular weight excluding hydrogens is 215 g/mol. The third-order valence-electron chi connectivity index (χ3n) is 1.77. The summed E-state index contributed by atoms with van der Waals surface area (Å²) in [6.07, 6.45) is 0. The second-order valence-electron chi connectivity index (χ2n) is 3.02. The molecule has 1 aromatic rings. The number of halogens is 1. The first-order chi connectivity index (χ1) is 7.50. The maximum absolute atomic E-state index is 12.6. The summed E-state index contributed by atoms with van der Waals surface area (Å²) in [7, 11) is 0. The Morgan fingerprint density at radius 3 is 2.44 bits per heavy atom. The number of hydrogen-bond donors (Lipinski definition) is 1. The van der Waals surface area contributed by atoms with E-state index in [0.717, 1.165) is 5.01 Å². The lowest BCUT2D eigenvalue weighted by atomic mass is 10.3. The highest BCUT2D eigenvalue weighted by atomic mass is 19.1. The first kappa shape index (κ1) is 12.1. The predicted molar refractivity (Wildman–Crippen MR) is 54.7 cm³/mol. The largest absolute Gasteiger partial charge is 0.456 e. The van der Waals surface area contributed by atoms with Crippen LogP contribution in [0.3, 0.4) is 0 Å². The van der Waals surface area contributed by atoms with Gasteiger partial charge in [-0.15, -0.1) is 0 Å². The Morgan fingerprint density at radius 2 is 1.94 bits per heavy atom. The van der Waals surface area contributed by atoms with Crippen LogP contribution in [0.1, 0.15) is 6.92 Å². The van der Waals surface area contributed by atoms with Crippen LogP contribution < -0.4 is 10.9 Å². The van der Waals surface area contributed by atoms with Crippen molar-refractivity contribution in [3.05, 3.63) is 30.1 Å². The maximum atomic E-state index is 12.6. The molecule has 0 saturated carbocycles. The molecule has 86 valence electrons. The molecule has 5 nitrogen and oxygen atoms in total. The predicted octanol–water partition coefficient (Wildman–Crippen LogP) is 0.595. The molecule has 0 aliphatic rings. The quantitative estimate of drug-likeness (QED) is 0.354. The Balaban J connectivity index is 2.63. The van der Waals surface area contributed by atoms with Gasteiger partial charge in [-0.05, 0) is 24.3 Å². The van der Waals surface area contributed by atoms with Crippen LogP contribution >= 0.6 is 0 Å². The molecule has 1 amide bonds. The summed E-state index contributed by atoms with van der Waals surface area (Å²) < 4.78 is 17.1. The van der Waals surface area contributed by atoms with E-state index in [9.17, 15) is 14.0 Å². The van der Waals surface area contributed by atoms with Gasteiger partial charge in [0, 0.05) is 6.92 Å². The molecule has 0 radical (unpaired) electrons. The molecular formula is C10H11FN2O3. The van der Waals surface area contributed by atoms with Crippen molar-refractivity contribution in [3.8, 4) is 0 Å². The number of amides is 1. The number of hydrogen-bond acceptors (Lipinski definition) is 4. The average Bonchev–Trinajstić information content (AvgIpc) is 2.26. The Kier molecular flexibility index (Phi) is 3.96. The fourth-order valence-electron chi connectivity index (χ4n) is 0.979. The molecule has 0 spiro atoms. The van der Waals surface area contributed by atoms with E-state index in [4.69, 9.17) is 5.84 Å². The van der Waals surface area contributed by atoms with Crippen LogP contribution in [-0.4, -0.2) is 18.5 Å². The summed E-state index contributed by atoms with van der Waals surface area (Å²) in [6, 6.07) is 5.05. The van der Waals surface area contributed by atoms with Crippen molar-refractivity contribution in [2.24, 2.45) is 5.84 Å². The van der Waals surface area contributed by atoms with E-state index in [0.29, 0.717) is 5.69 Å². The van der Waals surface area contributed by atoms with Crippen molar-refractivity contribution in [1.82, 2.24) is 0 Å². The highest BCUT2D eigenvalue weighted by molar-refractivity contribution is 5.93. The van der Waals surface area contributed by atoms with Gasteiger partial charge < -0.3 is 4.74 Å². The topological polar surface area (TPSA) is 72.6 Å². The van der Waals surface area contributed by atoms with Gasteiger partial charge in [0.25, 0.3) is 5.91 Å². The number of ether oxygens (including phenoxy) is 1. The molecule has 6 heteroatoms. The number of carbonyl (C=O) groups is 2. The Labute approximate surface area is 91.6 Å². The van der Waals surface area contributed by atoms with Gasteiger partial charge in [-0.25, -0.2) is 15.2 Å². The van der Waals surface area contributed by atoms with Crippen molar-refractivity contribution >= 4 is 17.6 Å². The third-order valence-corrected chi connectivity index (χ3v) is 1.77. The van der Waals surface area contributed by atoms with Gasteiger partial charge in [0.15, 0.2) is 6.61 Å². The van der Waals surface area contributed by atoms with Crippen LogP contribution in [0.2, 0.25) is 0 Å². The van der Waals surface area contributed by atoms with Crippen molar-refractivity contribution in [2.45, 2.75) is 6.92 Å². The minimum absolute atomic E-state index is 0.318. The molecule has 0 unspecified atom stereocenters. The van der Waals surface area contributed by atoms with Gasteiger partial charge >= 0.3 is 5.97 Å². The van der Waals surface area contributed by atoms with E-state index >= 15 is 0 Å². The number of anilines is 1. The average molecular weight is 226 g/mol. The zero-order chi connectivity index (χ0) is 12.1. The molecule has 0 aromatic heterocycles. The molecule has 0 aliphatic heterocycles.